The van der Waals surface area contributed by atoms with Crippen LogP contribution < -0.4 is 17.2 Å². The van der Waals surface area contributed by atoms with Gasteiger partial charge in [0.1, 0.15) is 5.69 Å². The van der Waals surface area contributed by atoms with Crippen LogP contribution in [0, 0.1) is 10.1 Å². The summed E-state index contributed by atoms with van der Waals surface area (Å²) in [7, 11) is 1.97. The Hall–Kier alpha value is -3.21. The molecule has 11 nitrogen and oxygen atoms in total. The second kappa shape index (κ2) is 7.57. The van der Waals surface area contributed by atoms with E-state index < -0.39 is 4.92 Å². The van der Waals surface area contributed by atoms with Crippen molar-refractivity contribution in [2.45, 2.75) is 0 Å². The summed E-state index contributed by atoms with van der Waals surface area (Å²) in [6.45, 7) is 2.65. The van der Waals surface area contributed by atoms with Gasteiger partial charge in [0.05, 0.1) is 4.92 Å². The number of benzene rings is 1. The second-order valence-electron chi connectivity index (χ2n) is 5.56. The van der Waals surface area contributed by atoms with Crippen molar-refractivity contribution < 1.29 is 9.72 Å². The third-order valence-electron chi connectivity index (χ3n) is 3.69. The van der Waals surface area contributed by atoms with Gasteiger partial charge in [0.25, 0.3) is 11.6 Å². The molecule has 1 aromatic rings. The zero-order valence-electron chi connectivity index (χ0n) is 13.8. The number of aliphatic imine (C=N–C) groups is 2. The van der Waals surface area contributed by atoms with Gasteiger partial charge in [-0.15, -0.1) is 0 Å². The first-order valence-corrected chi connectivity index (χ1v) is 7.48. The summed E-state index contributed by atoms with van der Waals surface area (Å²) in [5, 5.41) is 11.3. The Morgan fingerprint density at radius 2 is 1.84 bits per heavy atom. The van der Waals surface area contributed by atoms with Crippen LogP contribution in [0.1, 0.15) is 10.4 Å². The summed E-state index contributed by atoms with van der Waals surface area (Å²) in [6, 6.07) is 3.99. The largest absolute Gasteiger partial charge is 0.370 e. The third kappa shape index (κ3) is 4.64. The zero-order valence-corrected chi connectivity index (χ0v) is 13.8. The summed E-state index contributed by atoms with van der Waals surface area (Å²) < 4.78 is 0. The molecule has 1 aliphatic rings. The van der Waals surface area contributed by atoms with Gasteiger partial charge in [0, 0.05) is 37.8 Å². The number of carbonyl (C=O) groups excluding carboxylic acids is 1. The number of piperazine rings is 1. The van der Waals surface area contributed by atoms with E-state index in [0.29, 0.717) is 13.1 Å². The van der Waals surface area contributed by atoms with Gasteiger partial charge < -0.3 is 27.0 Å². The van der Waals surface area contributed by atoms with Gasteiger partial charge in [-0.3, -0.25) is 14.9 Å². The maximum absolute atomic E-state index is 12.5. The van der Waals surface area contributed by atoms with Crippen LogP contribution >= 0.6 is 0 Å². The summed E-state index contributed by atoms with van der Waals surface area (Å²) >= 11 is 0. The molecule has 0 aromatic heterocycles. The Kier molecular flexibility index (Phi) is 5.49. The molecule has 1 fully saturated rings. The minimum absolute atomic E-state index is 0.0394. The molecule has 1 saturated heterocycles. The number of hydrogen-bond acceptors (Lipinski definition) is 5. The Morgan fingerprint density at radius 1 is 1.20 bits per heavy atom. The molecule has 0 unspecified atom stereocenters. The van der Waals surface area contributed by atoms with E-state index >= 15 is 0 Å². The normalized spacial score (nSPS) is 15.7. The molecular formula is C14H20N8O3. The van der Waals surface area contributed by atoms with Gasteiger partial charge in [-0.2, -0.15) is 4.99 Å². The lowest BCUT2D eigenvalue weighted by Crippen LogP contribution is -2.47. The molecule has 0 bridgehead atoms. The predicted octanol–water partition coefficient (Wildman–Crippen LogP) is -0.798. The fraction of sp³-hybridized carbons (Fsp3) is 0.357. The molecule has 6 N–H and O–H groups in total. The fourth-order valence-corrected chi connectivity index (χ4v) is 2.37. The van der Waals surface area contributed by atoms with E-state index in [1.165, 1.54) is 18.2 Å². The number of amides is 1. The van der Waals surface area contributed by atoms with Crippen molar-refractivity contribution in [3.05, 3.63) is 33.9 Å². The molecular weight excluding hydrogens is 328 g/mol. The summed E-state index contributed by atoms with van der Waals surface area (Å²) in [4.78, 5) is 34.3. The van der Waals surface area contributed by atoms with Crippen LogP contribution in [0.5, 0.6) is 0 Å². The van der Waals surface area contributed by atoms with Crippen molar-refractivity contribution in [3.8, 4) is 0 Å². The van der Waals surface area contributed by atoms with E-state index in [1.807, 2.05) is 7.05 Å². The highest BCUT2D eigenvalue weighted by Crippen LogP contribution is 2.29. The topological polar surface area (TPSA) is 169 Å². The highest BCUT2D eigenvalue weighted by molar-refractivity contribution is 5.97. The van der Waals surface area contributed by atoms with Gasteiger partial charge in [0.2, 0.25) is 5.96 Å². The zero-order chi connectivity index (χ0) is 18.6. The number of carbonyl (C=O) groups is 1. The molecule has 25 heavy (non-hydrogen) atoms. The average Bonchev–Trinajstić information content (AvgIpc) is 2.54. The quantitative estimate of drug-likeness (QED) is 0.278. The molecule has 1 amide bonds. The highest BCUT2D eigenvalue weighted by atomic mass is 16.6. The van der Waals surface area contributed by atoms with Crippen LogP contribution in [0.25, 0.3) is 0 Å². The third-order valence-corrected chi connectivity index (χ3v) is 3.69. The van der Waals surface area contributed by atoms with Crippen LogP contribution in [0.3, 0.4) is 0 Å². The first-order chi connectivity index (χ1) is 11.8. The number of likely N-dealkylation sites (N-methyl/N-ethyl adjacent to an activating group) is 1. The molecule has 11 heteroatoms. The lowest BCUT2D eigenvalue weighted by atomic mass is 10.1. The molecule has 0 radical (unpaired) electrons. The average molecular weight is 348 g/mol. The van der Waals surface area contributed by atoms with Crippen LogP contribution in [0.2, 0.25) is 0 Å². The molecule has 1 aliphatic heterocycles. The van der Waals surface area contributed by atoms with Crippen LogP contribution in [-0.2, 0) is 0 Å². The van der Waals surface area contributed by atoms with Gasteiger partial charge in [-0.1, -0.05) is 0 Å². The minimum Gasteiger partial charge on any atom is -0.370 e. The fourth-order valence-electron chi connectivity index (χ4n) is 2.37. The molecule has 0 atom stereocenters. The van der Waals surface area contributed by atoms with E-state index in [0.717, 1.165) is 13.1 Å². The Bertz CT molecular complexity index is 734. The first-order valence-electron chi connectivity index (χ1n) is 7.48. The van der Waals surface area contributed by atoms with Gasteiger partial charge in [-0.05, 0) is 19.2 Å². The summed E-state index contributed by atoms with van der Waals surface area (Å²) in [6.07, 6.45) is 0. The van der Waals surface area contributed by atoms with E-state index in [1.54, 1.807) is 4.90 Å². The van der Waals surface area contributed by atoms with E-state index in [2.05, 4.69) is 14.9 Å². The van der Waals surface area contributed by atoms with Gasteiger partial charge in [0.15, 0.2) is 5.96 Å². The van der Waals surface area contributed by atoms with Crippen LogP contribution in [0.15, 0.2) is 28.2 Å². The van der Waals surface area contributed by atoms with Crippen molar-refractivity contribution in [3.63, 3.8) is 0 Å². The van der Waals surface area contributed by atoms with E-state index in [9.17, 15) is 14.9 Å². The number of rotatable bonds is 3. The predicted molar refractivity (Wildman–Crippen MR) is 93.6 cm³/mol. The number of guanidine groups is 2. The summed E-state index contributed by atoms with van der Waals surface area (Å²) in [5.41, 5.74) is 15.7. The second-order valence-corrected chi connectivity index (χ2v) is 5.56. The molecule has 1 heterocycles. The SMILES string of the molecule is CN1CCN(C(=O)c2ccc(N=C(N)N=C(N)N)c([N+](=O)[O-])c2)CC1. The van der Waals surface area contributed by atoms with Gasteiger partial charge in [-0.25, -0.2) is 4.99 Å². The lowest BCUT2D eigenvalue weighted by molar-refractivity contribution is -0.384. The molecule has 0 spiro atoms. The molecule has 0 aliphatic carbocycles. The number of nitrogens with zero attached hydrogens (tertiary/aromatic N) is 5. The standard InChI is InChI=1S/C14H20N8O3/c1-20-4-6-21(7-5-20)12(23)9-2-3-10(11(8-9)22(24)25)18-14(17)19-13(15)16/h2-3,8H,4-7H2,1H3,(H6,15,16,17,18,19). The molecule has 0 saturated carbocycles. The Balaban J connectivity index is 2.31. The van der Waals surface area contributed by atoms with E-state index in [4.69, 9.17) is 17.2 Å². The Labute approximate surface area is 143 Å². The maximum Gasteiger partial charge on any atom is 0.295 e. The van der Waals surface area contributed by atoms with Gasteiger partial charge >= 0.3 is 0 Å². The van der Waals surface area contributed by atoms with Crippen molar-refractivity contribution in [2.75, 3.05) is 33.2 Å². The molecule has 1 aromatic carbocycles. The highest BCUT2D eigenvalue weighted by Gasteiger charge is 2.23. The van der Waals surface area contributed by atoms with Crippen LogP contribution in [-0.4, -0.2) is 65.8 Å². The number of nitro benzene ring substituents is 1. The maximum atomic E-state index is 12.5. The van der Waals surface area contributed by atoms with Crippen LogP contribution in [0.4, 0.5) is 11.4 Å². The monoisotopic (exact) mass is 348 g/mol. The lowest BCUT2D eigenvalue weighted by Gasteiger charge is -2.32. The number of nitro groups is 1. The van der Waals surface area contributed by atoms with E-state index in [-0.39, 0.29) is 34.8 Å². The first kappa shape index (κ1) is 18.1. The van der Waals surface area contributed by atoms with Crippen molar-refractivity contribution in [1.82, 2.24) is 9.80 Å². The smallest absolute Gasteiger partial charge is 0.295 e. The van der Waals surface area contributed by atoms with Crippen molar-refractivity contribution in [1.29, 1.82) is 0 Å². The number of hydrogen-bond donors (Lipinski definition) is 3. The van der Waals surface area contributed by atoms with Crippen molar-refractivity contribution >= 4 is 29.2 Å². The molecule has 134 valence electrons. The minimum atomic E-state index is -0.637. The number of nitrogens with two attached hydrogens (primary N) is 3. The summed E-state index contributed by atoms with van der Waals surface area (Å²) in [5.74, 6) is -0.893. The Morgan fingerprint density at radius 3 is 2.40 bits per heavy atom. The van der Waals surface area contributed by atoms with Crippen molar-refractivity contribution in [2.24, 2.45) is 27.2 Å². The molecule has 2 rings (SSSR count).